The zero-order valence-electron chi connectivity index (χ0n) is 21.0. The second-order valence-electron chi connectivity index (χ2n) is 9.78. The minimum atomic E-state index is -1.19. The van der Waals surface area contributed by atoms with Crippen LogP contribution in [0.15, 0.2) is 53.8 Å². The van der Waals surface area contributed by atoms with Crippen molar-refractivity contribution >= 4 is 17.8 Å². The van der Waals surface area contributed by atoms with Crippen molar-refractivity contribution in [3.05, 3.63) is 59.5 Å². The number of aliphatic hydroxyl groups is 1. The third-order valence-corrected chi connectivity index (χ3v) is 6.03. The van der Waals surface area contributed by atoms with Crippen LogP contribution in [-0.2, 0) is 9.59 Å². The molecular formula is C28H41NO4. The highest BCUT2D eigenvalue weighted by atomic mass is 16.4. The summed E-state index contributed by atoms with van der Waals surface area (Å²) >= 11 is 0. The summed E-state index contributed by atoms with van der Waals surface area (Å²) in [5, 5.41) is 19.1. The number of aliphatic carboxylic acids is 1. The molecule has 0 amide bonds. The molecule has 1 rings (SSSR count). The highest BCUT2D eigenvalue weighted by Crippen LogP contribution is 2.30. The first-order valence-electron chi connectivity index (χ1n) is 11.8. The van der Waals surface area contributed by atoms with Crippen molar-refractivity contribution in [2.24, 2.45) is 17.3 Å². The Morgan fingerprint density at radius 3 is 2.45 bits per heavy atom. The van der Waals surface area contributed by atoms with Gasteiger partial charge in [-0.15, -0.1) is 0 Å². The number of ketones is 1. The van der Waals surface area contributed by atoms with Crippen LogP contribution >= 0.6 is 0 Å². The Morgan fingerprint density at radius 2 is 1.85 bits per heavy atom. The molecule has 1 aromatic rings. The molecule has 0 saturated carbocycles. The van der Waals surface area contributed by atoms with Gasteiger partial charge in [-0.05, 0) is 63.7 Å². The van der Waals surface area contributed by atoms with Crippen molar-refractivity contribution in [3.63, 3.8) is 0 Å². The molecule has 1 aromatic heterocycles. The molecule has 0 radical (unpaired) electrons. The van der Waals surface area contributed by atoms with E-state index in [4.69, 9.17) is 5.11 Å². The van der Waals surface area contributed by atoms with E-state index >= 15 is 0 Å². The number of carbonyl (C=O) groups is 2. The number of pyridine rings is 1. The summed E-state index contributed by atoms with van der Waals surface area (Å²) in [4.78, 5) is 28.0. The molecule has 0 aromatic carbocycles. The third kappa shape index (κ3) is 10.8. The highest BCUT2D eigenvalue weighted by Gasteiger charge is 2.39. The number of aromatic nitrogens is 1. The minimum Gasteiger partial charge on any atom is -0.481 e. The van der Waals surface area contributed by atoms with Crippen molar-refractivity contribution in [2.45, 2.75) is 79.8 Å². The van der Waals surface area contributed by atoms with Crippen molar-refractivity contribution < 1.29 is 19.8 Å². The van der Waals surface area contributed by atoms with Gasteiger partial charge in [-0.25, -0.2) is 0 Å². The van der Waals surface area contributed by atoms with E-state index in [0.29, 0.717) is 6.42 Å². The molecule has 0 aliphatic carbocycles. The fourth-order valence-corrected chi connectivity index (χ4v) is 3.86. The Kier molecular flexibility index (Phi) is 12.0. The number of aliphatic hydroxyl groups excluding tert-OH is 1. The topological polar surface area (TPSA) is 87.5 Å². The number of carboxylic acids is 1. The van der Waals surface area contributed by atoms with Crippen LogP contribution in [0.4, 0.5) is 0 Å². The number of carbonyl (C=O) groups excluding carboxylic acids is 1. The summed E-state index contributed by atoms with van der Waals surface area (Å²) in [6.45, 7) is 11.4. The summed E-state index contributed by atoms with van der Waals surface area (Å²) in [5.41, 5.74) is 2.52. The number of rotatable bonds is 14. The molecule has 0 spiro atoms. The Hall–Kier alpha value is -2.53. The first-order chi connectivity index (χ1) is 15.4. The van der Waals surface area contributed by atoms with E-state index in [1.165, 1.54) is 11.1 Å². The largest absolute Gasteiger partial charge is 0.481 e. The first kappa shape index (κ1) is 28.5. The highest BCUT2D eigenvalue weighted by molar-refractivity contribution is 5.87. The molecule has 0 bridgehead atoms. The first-order valence-corrected chi connectivity index (χ1v) is 11.8. The van der Waals surface area contributed by atoms with E-state index in [9.17, 15) is 14.7 Å². The Balaban J connectivity index is 2.47. The number of hydrogen-bond donors (Lipinski definition) is 2. The molecule has 3 atom stereocenters. The van der Waals surface area contributed by atoms with Crippen LogP contribution in [0.1, 0.15) is 79.3 Å². The summed E-state index contributed by atoms with van der Waals surface area (Å²) < 4.78 is 0. The number of Topliss-reactive ketones (excluding diaryl/α,β-unsaturated/α-hetero) is 1. The van der Waals surface area contributed by atoms with Crippen LogP contribution < -0.4 is 0 Å². The Bertz CT molecular complexity index is 852. The van der Waals surface area contributed by atoms with Crippen LogP contribution in [0.3, 0.4) is 0 Å². The predicted octanol–water partition coefficient (Wildman–Crippen LogP) is 6.25. The number of allylic oxidation sites excluding steroid dienone is 5. The molecule has 2 unspecified atom stereocenters. The monoisotopic (exact) mass is 455 g/mol. The fraction of sp³-hybridized carbons (Fsp3) is 0.536. The minimum absolute atomic E-state index is 0.0956. The molecule has 5 nitrogen and oxygen atoms in total. The lowest BCUT2D eigenvalue weighted by Crippen LogP contribution is -2.41. The van der Waals surface area contributed by atoms with E-state index in [-0.39, 0.29) is 17.6 Å². The van der Waals surface area contributed by atoms with Crippen LogP contribution in [0.5, 0.6) is 0 Å². The Labute approximate surface area is 199 Å². The van der Waals surface area contributed by atoms with E-state index in [1.54, 1.807) is 20.0 Å². The van der Waals surface area contributed by atoms with Gasteiger partial charge in [0.1, 0.15) is 5.78 Å². The fourth-order valence-electron chi connectivity index (χ4n) is 3.86. The number of carboxylic acid groups (broad SMARTS) is 1. The van der Waals surface area contributed by atoms with Crippen molar-refractivity contribution in [2.75, 3.05) is 0 Å². The van der Waals surface area contributed by atoms with Gasteiger partial charge in [-0.2, -0.15) is 0 Å². The van der Waals surface area contributed by atoms with E-state index in [2.05, 4.69) is 50.1 Å². The smallest absolute Gasteiger partial charge is 0.306 e. The van der Waals surface area contributed by atoms with E-state index in [1.807, 2.05) is 25.1 Å². The summed E-state index contributed by atoms with van der Waals surface area (Å²) in [6.07, 6.45) is 12.4. The van der Waals surface area contributed by atoms with Crippen molar-refractivity contribution in [1.82, 2.24) is 4.98 Å². The third-order valence-electron chi connectivity index (χ3n) is 6.03. The lowest BCUT2D eigenvalue weighted by molar-refractivity contribution is -0.145. The molecule has 0 saturated heterocycles. The second-order valence-corrected chi connectivity index (χ2v) is 9.78. The normalized spacial score (nSPS) is 16.0. The molecule has 0 aliphatic rings. The second kappa shape index (κ2) is 13.9. The molecule has 33 heavy (non-hydrogen) atoms. The average molecular weight is 456 g/mol. The summed E-state index contributed by atoms with van der Waals surface area (Å²) in [7, 11) is 0. The molecule has 5 heteroatoms. The van der Waals surface area contributed by atoms with Crippen LogP contribution in [0, 0.1) is 17.3 Å². The van der Waals surface area contributed by atoms with Gasteiger partial charge in [0, 0.05) is 12.1 Å². The van der Waals surface area contributed by atoms with Gasteiger partial charge in [-0.3, -0.25) is 14.6 Å². The van der Waals surface area contributed by atoms with Gasteiger partial charge < -0.3 is 10.2 Å². The molecule has 0 aliphatic heterocycles. The van der Waals surface area contributed by atoms with Crippen molar-refractivity contribution in [3.8, 4) is 0 Å². The van der Waals surface area contributed by atoms with E-state index < -0.39 is 23.9 Å². The maximum absolute atomic E-state index is 12.8. The number of hydrogen-bond acceptors (Lipinski definition) is 4. The average Bonchev–Trinajstić information content (AvgIpc) is 2.73. The van der Waals surface area contributed by atoms with Crippen LogP contribution in [0.2, 0.25) is 0 Å². The zero-order chi connectivity index (χ0) is 25.0. The van der Waals surface area contributed by atoms with Crippen molar-refractivity contribution in [1.29, 1.82) is 0 Å². The van der Waals surface area contributed by atoms with Gasteiger partial charge in [0.05, 0.1) is 23.6 Å². The number of nitrogens with zero attached hydrogens (tertiary/aromatic N) is 1. The standard InChI is InChI=1S/C28H41NO4/c1-20(12-10-14-22(3)18-24-15-7-8-16-29-24)11-9-13-21(2)17-23(4)27(33)28(5,6)25(30)19-26(31)32/h7-9,12-13,15-16,18,21,23,25,30H,10-11,14,17,19H2,1-6H3,(H,31,32)/b13-9+,20-12-,22-18+/t21?,23?,25-/m0/s1. The lowest BCUT2D eigenvalue weighted by Gasteiger charge is -2.31. The van der Waals surface area contributed by atoms with Gasteiger partial charge in [-0.1, -0.05) is 63.1 Å². The SMILES string of the molecule is C/C(=C/CC/C(C)=C/c1ccccn1)C/C=C/C(C)CC(C)C(=O)C(C)(C)[C@@H](O)CC(=O)O. The van der Waals surface area contributed by atoms with Gasteiger partial charge in [0.25, 0.3) is 0 Å². The molecular weight excluding hydrogens is 414 g/mol. The van der Waals surface area contributed by atoms with Crippen LogP contribution in [0.25, 0.3) is 6.08 Å². The maximum atomic E-state index is 12.8. The molecule has 0 fully saturated rings. The summed E-state index contributed by atoms with van der Waals surface area (Å²) in [6, 6.07) is 5.91. The predicted molar refractivity (Wildman–Crippen MR) is 135 cm³/mol. The van der Waals surface area contributed by atoms with Gasteiger partial charge in [0.2, 0.25) is 0 Å². The quantitative estimate of drug-likeness (QED) is 0.324. The molecule has 1 heterocycles. The zero-order valence-corrected chi connectivity index (χ0v) is 21.0. The van der Waals surface area contributed by atoms with Gasteiger partial charge in [0.15, 0.2) is 0 Å². The Morgan fingerprint density at radius 1 is 1.15 bits per heavy atom. The lowest BCUT2D eigenvalue weighted by atomic mass is 9.74. The molecule has 182 valence electrons. The van der Waals surface area contributed by atoms with Gasteiger partial charge >= 0.3 is 5.97 Å². The van der Waals surface area contributed by atoms with Crippen LogP contribution in [-0.4, -0.2) is 33.1 Å². The van der Waals surface area contributed by atoms with E-state index in [0.717, 1.165) is 25.0 Å². The molecule has 2 N–H and O–H groups in total. The maximum Gasteiger partial charge on any atom is 0.306 e. The summed E-state index contributed by atoms with van der Waals surface area (Å²) in [5.74, 6) is -1.24.